The van der Waals surface area contributed by atoms with Gasteiger partial charge in [-0.1, -0.05) is 6.07 Å². The van der Waals surface area contributed by atoms with Crippen molar-refractivity contribution in [2.24, 2.45) is 5.10 Å². The molecule has 0 atom stereocenters. The normalized spacial score (nSPS) is 11.2. The highest BCUT2D eigenvalue weighted by Gasteiger charge is 2.06. The Morgan fingerprint density at radius 1 is 1.41 bits per heavy atom. The molecule has 0 spiro atoms. The molecule has 5 nitrogen and oxygen atoms in total. The van der Waals surface area contributed by atoms with Crippen LogP contribution in [0.5, 0.6) is 0 Å². The zero-order valence-corrected chi connectivity index (χ0v) is 9.25. The molecule has 0 radical (unpaired) electrons. The summed E-state index contributed by atoms with van der Waals surface area (Å²) in [5.74, 6) is -0.147. The van der Waals surface area contributed by atoms with Gasteiger partial charge < -0.3 is 4.42 Å². The number of nitrogens with zero attached hydrogens (tertiary/aromatic N) is 2. The summed E-state index contributed by atoms with van der Waals surface area (Å²) in [7, 11) is 0. The van der Waals surface area contributed by atoms with E-state index in [1.165, 1.54) is 6.26 Å². The van der Waals surface area contributed by atoms with Crippen LogP contribution in [0.25, 0.3) is 0 Å². The van der Waals surface area contributed by atoms with Gasteiger partial charge in [0.25, 0.3) is 0 Å². The molecule has 2 aromatic rings. The van der Waals surface area contributed by atoms with Gasteiger partial charge in [-0.25, -0.2) is 5.43 Å². The molecule has 0 aliphatic carbocycles. The summed E-state index contributed by atoms with van der Waals surface area (Å²) in [6.45, 7) is 1.79. The number of pyridine rings is 1. The smallest absolute Gasteiger partial charge is 0.307 e. The van der Waals surface area contributed by atoms with Gasteiger partial charge in [-0.3, -0.25) is 9.78 Å². The molecular weight excluding hydrogens is 218 g/mol. The van der Waals surface area contributed by atoms with Crippen LogP contribution in [0.3, 0.4) is 0 Å². The molecule has 0 aliphatic rings. The first kappa shape index (κ1) is 11.1. The minimum absolute atomic E-state index is 0.229. The number of aromatic nitrogens is 1. The lowest BCUT2D eigenvalue weighted by Crippen LogP contribution is -2.18. The summed E-state index contributed by atoms with van der Waals surface area (Å²) in [5.41, 5.74) is 3.94. The fraction of sp³-hybridized carbons (Fsp3) is 0.0833. The third-order valence-corrected chi connectivity index (χ3v) is 2.15. The monoisotopic (exact) mass is 229 g/mol. The quantitative estimate of drug-likeness (QED) is 0.644. The Hall–Kier alpha value is -2.43. The molecule has 0 unspecified atom stereocenters. The van der Waals surface area contributed by atoms with Crippen LogP contribution in [0.15, 0.2) is 52.4 Å². The predicted octanol–water partition coefficient (Wildman–Crippen LogP) is 1.83. The highest BCUT2D eigenvalue weighted by atomic mass is 16.3. The molecule has 0 saturated heterocycles. The highest BCUT2D eigenvalue weighted by Crippen LogP contribution is 2.00. The maximum atomic E-state index is 11.5. The van der Waals surface area contributed by atoms with E-state index < -0.39 is 0 Å². The van der Waals surface area contributed by atoms with Gasteiger partial charge in [-0.2, -0.15) is 5.10 Å². The lowest BCUT2D eigenvalue weighted by molar-refractivity contribution is 0.0927. The van der Waals surface area contributed by atoms with Crippen LogP contribution < -0.4 is 5.43 Å². The van der Waals surface area contributed by atoms with Crippen LogP contribution in [-0.2, 0) is 0 Å². The van der Waals surface area contributed by atoms with Crippen LogP contribution >= 0.6 is 0 Å². The van der Waals surface area contributed by atoms with E-state index in [9.17, 15) is 4.79 Å². The van der Waals surface area contributed by atoms with Crippen LogP contribution in [0.4, 0.5) is 0 Å². The first-order valence-electron chi connectivity index (χ1n) is 5.06. The van der Waals surface area contributed by atoms with E-state index in [0.717, 1.165) is 5.56 Å². The Balaban J connectivity index is 2.04. The zero-order chi connectivity index (χ0) is 12.1. The summed E-state index contributed by atoms with van der Waals surface area (Å²) in [5, 5.41) is 3.97. The highest BCUT2D eigenvalue weighted by molar-refractivity contribution is 6.00. The van der Waals surface area contributed by atoms with Crippen LogP contribution in [0, 0.1) is 0 Å². The average Bonchev–Trinajstić information content (AvgIpc) is 2.90. The van der Waals surface area contributed by atoms with E-state index in [1.807, 2.05) is 12.1 Å². The van der Waals surface area contributed by atoms with Crippen LogP contribution in [0.1, 0.15) is 23.0 Å². The number of hydrogen-bond acceptors (Lipinski definition) is 4. The van der Waals surface area contributed by atoms with Gasteiger partial charge in [0.2, 0.25) is 0 Å². The second-order valence-corrected chi connectivity index (χ2v) is 3.36. The van der Waals surface area contributed by atoms with Crippen molar-refractivity contribution in [2.75, 3.05) is 0 Å². The fourth-order valence-corrected chi connectivity index (χ4v) is 1.24. The fourth-order valence-electron chi connectivity index (χ4n) is 1.24. The third kappa shape index (κ3) is 2.78. The van der Waals surface area contributed by atoms with E-state index in [0.29, 0.717) is 5.71 Å². The van der Waals surface area contributed by atoms with E-state index in [-0.39, 0.29) is 11.7 Å². The lowest BCUT2D eigenvalue weighted by atomic mass is 10.2. The van der Waals surface area contributed by atoms with Crippen LogP contribution in [0.2, 0.25) is 0 Å². The molecule has 17 heavy (non-hydrogen) atoms. The van der Waals surface area contributed by atoms with Crippen molar-refractivity contribution >= 4 is 11.6 Å². The Labute approximate surface area is 98.2 Å². The Morgan fingerprint density at radius 3 is 2.94 bits per heavy atom. The molecule has 0 bridgehead atoms. The maximum absolute atomic E-state index is 11.5. The molecule has 0 saturated carbocycles. The molecule has 0 fully saturated rings. The minimum atomic E-state index is -0.377. The third-order valence-electron chi connectivity index (χ3n) is 2.15. The molecule has 2 rings (SSSR count). The van der Waals surface area contributed by atoms with Gasteiger partial charge in [-0.15, -0.1) is 0 Å². The topological polar surface area (TPSA) is 67.5 Å². The van der Waals surface area contributed by atoms with E-state index in [4.69, 9.17) is 4.42 Å². The Bertz CT molecular complexity index is 518. The molecule has 0 aromatic carbocycles. The lowest BCUT2D eigenvalue weighted by Gasteiger charge is -2.00. The SMILES string of the molecule is CC(=NNC(=O)c1ccco1)c1cccnc1. The number of nitrogens with one attached hydrogen (secondary N) is 1. The molecule has 1 amide bonds. The molecule has 5 heteroatoms. The second kappa shape index (κ2) is 5.07. The number of hydrazone groups is 1. The number of amides is 1. The number of furan rings is 1. The average molecular weight is 229 g/mol. The van der Waals surface area contributed by atoms with Crippen molar-refractivity contribution in [3.8, 4) is 0 Å². The molecule has 86 valence electrons. The van der Waals surface area contributed by atoms with Gasteiger partial charge in [0.05, 0.1) is 12.0 Å². The number of carbonyl (C=O) groups is 1. The predicted molar refractivity (Wildman–Crippen MR) is 62.6 cm³/mol. The molecular formula is C12H11N3O2. The first-order valence-corrected chi connectivity index (χ1v) is 5.06. The number of carbonyl (C=O) groups excluding carboxylic acids is 1. The van der Waals surface area contributed by atoms with Crippen LogP contribution in [-0.4, -0.2) is 16.6 Å². The number of rotatable bonds is 3. The van der Waals surface area contributed by atoms with E-state index in [1.54, 1.807) is 31.5 Å². The van der Waals surface area contributed by atoms with E-state index >= 15 is 0 Å². The molecule has 0 aliphatic heterocycles. The van der Waals surface area contributed by atoms with Gasteiger partial charge in [0, 0.05) is 18.0 Å². The van der Waals surface area contributed by atoms with Crippen molar-refractivity contribution < 1.29 is 9.21 Å². The first-order chi connectivity index (χ1) is 8.27. The summed E-state index contributed by atoms with van der Waals surface area (Å²) in [6.07, 6.45) is 4.79. The largest absolute Gasteiger partial charge is 0.459 e. The van der Waals surface area contributed by atoms with Crippen molar-refractivity contribution in [3.63, 3.8) is 0 Å². The summed E-state index contributed by atoms with van der Waals surface area (Å²) >= 11 is 0. The second-order valence-electron chi connectivity index (χ2n) is 3.36. The summed E-state index contributed by atoms with van der Waals surface area (Å²) in [4.78, 5) is 15.5. The van der Waals surface area contributed by atoms with Crippen molar-refractivity contribution in [1.82, 2.24) is 10.4 Å². The molecule has 2 heterocycles. The standard InChI is InChI=1S/C12H11N3O2/c1-9(10-4-2-6-13-8-10)14-15-12(16)11-5-3-7-17-11/h2-8H,1H3,(H,15,16). The molecule has 2 aromatic heterocycles. The molecule has 1 N–H and O–H groups in total. The zero-order valence-electron chi connectivity index (χ0n) is 9.25. The number of hydrogen-bond donors (Lipinski definition) is 1. The van der Waals surface area contributed by atoms with Gasteiger partial charge in [-0.05, 0) is 25.1 Å². The van der Waals surface area contributed by atoms with Gasteiger partial charge in [0.15, 0.2) is 5.76 Å². The van der Waals surface area contributed by atoms with Crippen molar-refractivity contribution in [2.45, 2.75) is 6.92 Å². The van der Waals surface area contributed by atoms with Gasteiger partial charge in [0.1, 0.15) is 0 Å². The maximum Gasteiger partial charge on any atom is 0.307 e. The van der Waals surface area contributed by atoms with Gasteiger partial charge >= 0.3 is 5.91 Å². The van der Waals surface area contributed by atoms with Crippen molar-refractivity contribution in [3.05, 3.63) is 54.2 Å². The van der Waals surface area contributed by atoms with E-state index in [2.05, 4.69) is 15.5 Å². The van der Waals surface area contributed by atoms with Crippen molar-refractivity contribution in [1.29, 1.82) is 0 Å². The summed E-state index contributed by atoms with van der Waals surface area (Å²) in [6, 6.07) is 6.89. The summed E-state index contributed by atoms with van der Waals surface area (Å²) < 4.78 is 4.94. The Morgan fingerprint density at radius 2 is 2.29 bits per heavy atom. The minimum Gasteiger partial charge on any atom is -0.459 e. The Kier molecular flexibility index (Phi) is 3.30.